The van der Waals surface area contributed by atoms with Crippen molar-refractivity contribution in [1.29, 1.82) is 0 Å². The molecule has 1 saturated heterocycles. The van der Waals surface area contributed by atoms with Crippen molar-refractivity contribution < 1.29 is 4.79 Å². The van der Waals surface area contributed by atoms with Gasteiger partial charge in [-0.25, -0.2) is 0 Å². The minimum absolute atomic E-state index is 0.0874. The Kier molecular flexibility index (Phi) is 4.28. The second kappa shape index (κ2) is 5.93. The first kappa shape index (κ1) is 13.0. The lowest BCUT2D eigenvalue weighted by Gasteiger charge is -2.34. The highest BCUT2D eigenvalue weighted by molar-refractivity contribution is 5.82. The molecule has 1 atom stereocenters. The summed E-state index contributed by atoms with van der Waals surface area (Å²) >= 11 is 0. The number of rotatable bonds is 4. The molecule has 1 aromatic heterocycles. The maximum Gasteiger partial charge on any atom is 0.241 e. The topological polar surface area (TPSA) is 48.5 Å². The second-order valence-corrected chi connectivity index (χ2v) is 4.88. The highest BCUT2D eigenvalue weighted by Crippen LogP contribution is 2.08. The van der Waals surface area contributed by atoms with E-state index >= 15 is 0 Å². The molecule has 1 N–H and O–H groups in total. The second-order valence-electron chi connectivity index (χ2n) is 4.88. The highest BCUT2D eigenvalue weighted by Gasteiger charge is 2.28. The van der Waals surface area contributed by atoms with Gasteiger partial charge in [0.25, 0.3) is 0 Å². The van der Waals surface area contributed by atoms with Crippen molar-refractivity contribution in [3.8, 4) is 0 Å². The van der Waals surface area contributed by atoms with Gasteiger partial charge in [0, 0.05) is 38.6 Å². The molecule has 1 aromatic rings. The third-order valence-electron chi connectivity index (χ3n) is 3.05. The van der Waals surface area contributed by atoms with E-state index in [1.165, 1.54) is 0 Å². The Balaban J connectivity index is 1.98. The quantitative estimate of drug-likeness (QED) is 0.811. The number of likely N-dealkylation sites (N-methyl/N-ethyl adjacent to an activating group) is 1. The molecule has 0 aromatic carbocycles. The normalized spacial score (nSPS) is 20.5. The summed E-state index contributed by atoms with van der Waals surface area (Å²) < 4.78 is 0. The smallest absolute Gasteiger partial charge is 0.241 e. The highest BCUT2D eigenvalue weighted by atomic mass is 16.2. The summed E-state index contributed by atoms with van der Waals surface area (Å²) in [5, 5.41) is 3.27. The van der Waals surface area contributed by atoms with Crippen molar-refractivity contribution in [2.45, 2.75) is 12.6 Å². The molecule has 1 aliphatic heterocycles. The molecule has 18 heavy (non-hydrogen) atoms. The Hall–Kier alpha value is -1.46. The van der Waals surface area contributed by atoms with Crippen molar-refractivity contribution >= 4 is 5.91 Å². The van der Waals surface area contributed by atoms with E-state index in [0.29, 0.717) is 6.54 Å². The minimum atomic E-state index is -0.0874. The molecular weight excluding hydrogens is 228 g/mol. The molecule has 0 radical (unpaired) electrons. The number of pyridine rings is 1. The number of aromatic nitrogens is 1. The van der Waals surface area contributed by atoms with Crippen LogP contribution in [0.25, 0.3) is 0 Å². The van der Waals surface area contributed by atoms with Gasteiger partial charge in [0.2, 0.25) is 5.91 Å². The number of carbonyl (C=O) groups is 1. The summed E-state index contributed by atoms with van der Waals surface area (Å²) in [6.45, 7) is 3.04. The van der Waals surface area contributed by atoms with E-state index < -0.39 is 0 Å². The van der Waals surface area contributed by atoms with Crippen LogP contribution in [0.5, 0.6) is 0 Å². The third-order valence-corrected chi connectivity index (χ3v) is 3.05. The van der Waals surface area contributed by atoms with Crippen molar-refractivity contribution in [3.05, 3.63) is 30.1 Å². The van der Waals surface area contributed by atoms with Crippen molar-refractivity contribution in [2.24, 2.45) is 0 Å². The zero-order chi connectivity index (χ0) is 13.0. The molecule has 2 rings (SSSR count). The summed E-state index contributed by atoms with van der Waals surface area (Å²) in [4.78, 5) is 20.2. The predicted molar refractivity (Wildman–Crippen MR) is 70.0 cm³/mol. The van der Waals surface area contributed by atoms with Crippen LogP contribution < -0.4 is 5.32 Å². The molecule has 0 aliphatic carbocycles. The zero-order valence-corrected chi connectivity index (χ0v) is 11.0. The number of hydrogen-bond donors (Lipinski definition) is 1. The molecule has 1 aliphatic rings. The van der Waals surface area contributed by atoms with E-state index in [4.69, 9.17) is 0 Å². The average Bonchev–Trinajstić information content (AvgIpc) is 2.35. The fourth-order valence-corrected chi connectivity index (χ4v) is 2.16. The number of carbonyl (C=O) groups excluding carboxylic acids is 1. The monoisotopic (exact) mass is 248 g/mol. The van der Waals surface area contributed by atoms with Crippen LogP contribution in [-0.2, 0) is 11.3 Å². The average molecular weight is 248 g/mol. The van der Waals surface area contributed by atoms with Gasteiger partial charge in [0.1, 0.15) is 0 Å². The Morgan fingerprint density at radius 1 is 1.44 bits per heavy atom. The van der Waals surface area contributed by atoms with E-state index in [1.54, 1.807) is 12.4 Å². The molecule has 1 amide bonds. The fourth-order valence-electron chi connectivity index (χ4n) is 2.16. The summed E-state index contributed by atoms with van der Waals surface area (Å²) in [6, 6.07) is 3.82. The van der Waals surface area contributed by atoms with Gasteiger partial charge in [-0.2, -0.15) is 0 Å². The number of hydrogen-bond acceptors (Lipinski definition) is 4. The molecule has 1 fully saturated rings. The summed E-state index contributed by atoms with van der Waals surface area (Å²) in [5.74, 6) is 0.187. The number of amides is 1. The van der Waals surface area contributed by atoms with E-state index in [2.05, 4.69) is 10.3 Å². The molecule has 0 spiro atoms. The van der Waals surface area contributed by atoms with Gasteiger partial charge in [0.05, 0.1) is 6.04 Å². The van der Waals surface area contributed by atoms with Crippen LogP contribution in [0.1, 0.15) is 5.56 Å². The largest absolute Gasteiger partial charge is 0.336 e. The first-order valence-corrected chi connectivity index (χ1v) is 6.22. The predicted octanol–water partition coefficient (Wildman–Crippen LogP) is -0.0564. The van der Waals surface area contributed by atoms with Gasteiger partial charge in [-0.05, 0) is 31.8 Å². The number of nitrogens with one attached hydrogen (secondary N) is 1. The fraction of sp³-hybridized carbons (Fsp3) is 0.538. The maximum atomic E-state index is 12.3. The molecule has 5 nitrogen and oxygen atoms in total. The Bertz CT molecular complexity index is 393. The Morgan fingerprint density at radius 2 is 2.17 bits per heavy atom. The minimum Gasteiger partial charge on any atom is -0.336 e. The van der Waals surface area contributed by atoms with Gasteiger partial charge < -0.3 is 15.1 Å². The number of nitrogens with zero attached hydrogens (tertiary/aromatic N) is 3. The van der Waals surface area contributed by atoms with Gasteiger partial charge >= 0.3 is 0 Å². The lowest BCUT2D eigenvalue weighted by Crippen LogP contribution is -2.57. The van der Waals surface area contributed by atoms with Crippen LogP contribution in [0.15, 0.2) is 24.5 Å². The van der Waals surface area contributed by atoms with Crippen LogP contribution >= 0.6 is 0 Å². The molecule has 98 valence electrons. The van der Waals surface area contributed by atoms with Gasteiger partial charge in [-0.15, -0.1) is 0 Å². The van der Waals surface area contributed by atoms with Crippen LogP contribution in [-0.4, -0.2) is 60.5 Å². The Morgan fingerprint density at radius 3 is 2.83 bits per heavy atom. The first-order valence-electron chi connectivity index (χ1n) is 6.22. The van der Waals surface area contributed by atoms with Crippen LogP contribution in [0.3, 0.4) is 0 Å². The maximum absolute atomic E-state index is 12.3. The SMILES string of the molecule is CN(C)CC1NCCN(Cc2ccncc2)C1=O. The van der Waals surface area contributed by atoms with E-state index in [9.17, 15) is 4.79 Å². The van der Waals surface area contributed by atoms with E-state index in [-0.39, 0.29) is 11.9 Å². The molecule has 0 bridgehead atoms. The lowest BCUT2D eigenvalue weighted by atomic mass is 10.1. The molecule has 1 unspecified atom stereocenters. The third kappa shape index (κ3) is 3.27. The van der Waals surface area contributed by atoms with E-state index in [1.807, 2.05) is 36.0 Å². The molecule has 5 heteroatoms. The van der Waals surface area contributed by atoms with Crippen LogP contribution in [0, 0.1) is 0 Å². The molecular formula is C13H20N4O. The summed E-state index contributed by atoms with van der Waals surface area (Å²) in [5.41, 5.74) is 1.13. The zero-order valence-electron chi connectivity index (χ0n) is 11.0. The first-order chi connectivity index (χ1) is 8.66. The van der Waals surface area contributed by atoms with Gasteiger partial charge in [0.15, 0.2) is 0 Å². The number of piperazine rings is 1. The van der Waals surface area contributed by atoms with E-state index in [0.717, 1.165) is 25.2 Å². The van der Waals surface area contributed by atoms with Crippen molar-refractivity contribution in [2.75, 3.05) is 33.7 Å². The van der Waals surface area contributed by atoms with Crippen molar-refractivity contribution in [3.63, 3.8) is 0 Å². The van der Waals surface area contributed by atoms with Crippen LogP contribution in [0.2, 0.25) is 0 Å². The standard InChI is InChI=1S/C13H20N4O/c1-16(2)10-12-13(18)17(8-7-15-12)9-11-3-5-14-6-4-11/h3-6,12,15H,7-10H2,1-2H3. The summed E-state index contributed by atoms with van der Waals surface area (Å²) in [6.07, 6.45) is 3.53. The Labute approximate surface area is 108 Å². The van der Waals surface area contributed by atoms with Gasteiger partial charge in [-0.3, -0.25) is 9.78 Å². The molecule has 2 heterocycles. The lowest BCUT2D eigenvalue weighted by molar-refractivity contribution is -0.136. The van der Waals surface area contributed by atoms with Crippen LogP contribution in [0.4, 0.5) is 0 Å². The van der Waals surface area contributed by atoms with Gasteiger partial charge in [-0.1, -0.05) is 0 Å². The van der Waals surface area contributed by atoms with Crippen molar-refractivity contribution in [1.82, 2.24) is 20.1 Å². The molecule has 0 saturated carbocycles. The summed E-state index contributed by atoms with van der Waals surface area (Å²) in [7, 11) is 3.97.